The summed E-state index contributed by atoms with van der Waals surface area (Å²) in [6.45, 7) is 3.62. The Balaban J connectivity index is 2.26. The first-order valence-corrected chi connectivity index (χ1v) is 8.70. The van der Waals surface area contributed by atoms with Crippen LogP contribution in [0, 0.1) is 6.92 Å². The van der Waals surface area contributed by atoms with Crippen LogP contribution >= 0.6 is 15.9 Å². The Morgan fingerprint density at radius 3 is 2.33 bits per heavy atom. The smallest absolute Gasteiger partial charge is 0.241 e. The highest BCUT2D eigenvalue weighted by atomic mass is 79.9. The van der Waals surface area contributed by atoms with Crippen molar-refractivity contribution >= 4 is 31.6 Å². The largest absolute Gasteiger partial charge is 0.399 e. The Kier molecular flexibility index (Phi) is 4.70. The van der Waals surface area contributed by atoms with Gasteiger partial charge in [0.25, 0.3) is 0 Å². The average Bonchev–Trinajstić information content (AvgIpc) is 2.37. The molecule has 0 heterocycles. The van der Waals surface area contributed by atoms with Gasteiger partial charge in [0.05, 0.1) is 4.90 Å². The van der Waals surface area contributed by atoms with E-state index in [1.165, 1.54) is 6.07 Å². The van der Waals surface area contributed by atoms with Gasteiger partial charge < -0.3 is 5.73 Å². The minimum Gasteiger partial charge on any atom is -0.399 e. The first kappa shape index (κ1) is 16.0. The van der Waals surface area contributed by atoms with Crippen molar-refractivity contribution in [1.82, 2.24) is 4.72 Å². The Morgan fingerprint density at radius 2 is 1.76 bits per heavy atom. The van der Waals surface area contributed by atoms with Gasteiger partial charge in [-0.15, -0.1) is 0 Å². The highest BCUT2D eigenvalue weighted by molar-refractivity contribution is 9.10. The van der Waals surface area contributed by atoms with Gasteiger partial charge in [-0.25, -0.2) is 13.1 Å². The van der Waals surface area contributed by atoms with Gasteiger partial charge in [-0.2, -0.15) is 0 Å². The Hall–Kier alpha value is -1.37. The molecule has 0 aliphatic rings. The van der Waals surface area contributed by atoms with E-state index in [2.05, 4.69) is 20.7 Å². The van der Waals surface area contributed by atoms with E-state index in [1.54, 1.807) is 19.1 Å². The SMILES string of the molecule is Cc1cc(N)cc(S(=O)(=O)N[C@H](C)c2ccc(Br)cc2)c1. The van der Waals surface area contributed by atoms with Crippen LogP contribution in [0.5, 0.6) is 0 Å². The molecule has 0 saturated carbocycles. The van der Waals surface area contributed by atoms with E-state index in [4.69, 9.17) is 5.73 Å². The van der Waals surface area contributed by atoms with Gasteiger partial charge in [-0.05, 0) is 55.3 Å². The van der Waals surface area contributed by atoms with Crippen molar-refractivity contribution in [3.8, 4) is 0 Å². The summed E-state index contributed by atoms with van der Waals surface area (Å²) in [6, 6.07) is 12.0. The van der Waals surface area contributed by atoms with E-state index in [0.29, 0.717) is 5.69 Å². The van der Waals surface area contributed by atoms with E-state index < -0.39 is 10.0 Å². The van der Waals surface area contributed by atoms with Crippen molar-refractivity contribution in [3.63, 3.8) is 0 Å². The minimum absolute atomic E-state index is 0.184. The molecule has 0 aromatic heterocycles. The van der Waals surface area contributed by atoms with Crippen molar-refractivity contribution in [1.29, 1.82) is 0 Å². The molecule has 1 atom stereocenters. The second-order valence-corrected chi connectivity index (χ2v) is 7.60. The van der Waals surface area contributed by atoms with Crippen molar-refractivity contribution < 1.29 is 8.42 Å². The van der Waals surface area contributed by atoms with Gasteiger partial charge in [-0.1, -0.05) is 28.1 Å². The molecule has 3 N–H and O–H groups in total. The molecule has 4 nitrogen and oxygen atoms in total. The molecule has 0 bridgehead atoms. The van der Waals surface area contributed by atoms with Crippen LogP contribution in [0.15, 0.2) is 51.8 Å². The second kappa shape index (κ2) is 6.17. The number of hydrogen-bond donors (Lipinski definition) is 2. The van der Waals surface area contributed by atoms with E-state index in [-0.39, 0.29) is 10.9 Å². The number of anilines is 1. The lowest BCUT2D eigenvalue weighted by atomic mass is 10.1. The van der Waals surface area contributed by atoms with Crippen LogP contribution in [0.2, 0.25) is 0 Å². The highest BCUT2D eigenvalue weighted by Gasteiger charge is 2.19. The van der Waals surface area contributed by atoms with Crippen LogP contribution < -0.4 is 10.5 Å². The fraction of sp³-hybridized carbons (Fsp3) is 0.200. The molecule has 0 fully saturated rings. The molecule has 0 aliphatic heterocycles. The number of nitrogen functional groups attached to an aromatic ring is 1. The summed E-state index contributed by atoms with van der Waals surface area (Å²) in [4.78, 5) is 0.184. The summed E-state index contributed by atoms with van der Waals surface area (Å²) in [5, 5.41) is 0. The lowest BCUT2D eigenvalue weighted by Crippen LogP contribution is -2.27. The predicted octanol–water partition coefficient (Wildman–Crippen LogP) is 3.38. The molecule has 21 heavy (non-hydrogen) atoms. The number of nitrogens with one attached hydrogen (secondary N) is 1. The van der Waals surface area contributed by atoms with Crippen molar-refractivity contribution in [2.24, 2.45) is 0 Å². The van der Waals surface area contributed by atoms with Crippen LogP contribution in [-0.4, -0.2) is 8.42 Å². The number of nitrogens with two attached hydrogens (primary N) is 1. The maximum atomic E-state index is 12.4. The maximum absolute atomic E-state index is 12.4. The number of rotatable bonds is 4. The topological polar surface area (TPSA) is 72.2 Å². The normalized spacial score (nSPS) is 13.1. The molecule has 6 heteroatoms. The minimum atomic E-state index is -3.60. The van der Waals surface area contributed by atoms with Crippen molar-refractivity contribution in [2.75, 3.05) is 5.73 Å². The third-order valence-electron chi connectivity index (χ3n) is 3.09. The van der Waals surface area contributed by atoms with Crippen molar-refractivity contribution in [2.45, 2.75) is 24.8 Å². The van der Waals surface area contributed by atoms with Gasteiger partial charge in [0.2, 0.25) is 10.0 Å². The van der Waals surface area contributed by atoms with Gasteiger partial charge >= 0.3 is 0 Å². The molecule has 0 saturated heterocycles. The number of halogens is 1. The van der Waals surface area contributed by atoms with Crippen LogP contribution in [0.1, 0.15) is 24.1 Å². The third-order valence-corrected chi connectivity index (χ3v) is 5.13. The standard InChI is InChI=1S/C15H17BrN2O2S/c1-10-7-14(17)9-15(8-10)21(19,20)18-11(2)12-3-5-13(16)6-4-12/h3-9,11,18H,17H2,1-2H3/t11-/m1/s1. The zero-order valence-corrected chi connectivity index (χ0v) is 14.2. The highest BCUT2D eigenvalue weighted by Crippen LogP contribution is 2.21. The van der Waals surface area contributed by atoms with E-state index in [0.717, 1.165) is 15.6 Å². The quantitative estimate of drug-likeness (QED) is 0.812. The van der Waals surface area contributed by atoms with Crippen LogP contribution in [0.3, 0.4) is 0 Å². The Labute approximate surface area is 133 Å². The molecular formula is C15H17BrN2O2S. The summed E-state index contributed by atoms with van der Waals surface area (Å²) in [5.74, 6) is 0. The first-order valence-electron chi connectivity index (χ1n) is 6.43. The number of aryl methyl sites for hydroxylation is 1. The Morgan fingerprint density at radius 1 is 1.14 bits per heavy atom. The first-order chi connectivity index (χ1) is 9.78. The molecule has 2 aromatic rings. The van der Waals surface area contributed by atoms with Crippen molar-refractivity contribution in [3.05, 3.63) is 58.1 Å². The monoisotopic (exact) mass is 368 g/mol. The van der Waals surface area contributed by atoms with Crippen LogP contribution in [0.25, 0.3) is 0 Å². The lowest BCUT2D eigenvalue weighted by Gasteiger charge is -2.15. The fourth-order valence-electron chi connectivity index (χ4n) is 2.05. The van der Waals surface area contributed by atoms with E-state index >= 15 is 0 Å². The average molecular weight is 369 g/mol. The summed E-state index contributed by atoms with van der Waals surface area (Å²) >= 11 is 3.36. The van der Waals surface area contributed by atoms with Gasteiger partial charge in [0.15, 0.2) is 0 Å². The van der Waals surface area contributed by atoms with Crippen LogP contribution in [0.4, 0.5) is 5.69 Å². The molecule has 0 spiro atoms. The summed E-state index contributed by atoms with van der Waals surface area (Å²) in [7, 11) is -3.60. The summed E-state index contributed by atoms with van der Waals surface area (Å²) in [5.41, 5.74) is 7.86. The predicted molar refractivity (Wildman–Crippen MR) is 88.5 cm³/mol. The van der Waals surface area contributed by atoms with E-state index in [9.17, 15) is 8.42 Å². The maximum Gasteiger partial charge on any atom is 0.241 e. The number of benzene rings is 2. The zero-order valence-electron chi connectivity index (χ0n) is 11.8. The molecule has 0 amide bonds. The number of hydrogen-bond acceptors (Lipinski definition) is 3. The summed E-state index contributed by atoms with van der Waals surface area (Å²) < 4.78 is 28.4. The second-order valence-electron chi connectivity index (χ2n) is 4.97. The van der Waals surface area contributed by atoms with Gasteiger partial charge in [0, 0.05) is 16.2 Å². The van der Waals surface area contributed by atoms with Crippen LogP contribution in [-0.2, 0) is 10.0 Å². The third kappa shape index (κ3) is 4.06. The molecule has 112 valence electrons. The number of sulfonamides is 1. The molecular weight excluding hydrogens is 352 g/mol. The molecule has 0 radical (unpaired) electrons. The fourth-order valence-corrected chi connectivity index (χ4v) is 3.69. The Bertz CT molecular complexity index is 723. The molecule has 0 unspecified atom stereocenters. The lowest BCUT2D eigenvalue weighted by molar-refractivity contribution is 0.567. The summed E-state index contributed by atoms with van der Waals surface area (Å²) in [6.07, 6.45) is 0. The molecule has 0 aliphatic carbocycles. The molecule has 2 aromatic carbocycles. The molecule has 2 rings (SSSR count). The van der Waals surface area contributed by atoms with Gasteiger partial charge in [0.1, 0.15) is 0 Å². The van der Waals surface area contributed by atoms with E-state index in [1.807, 2.05) is 31.2 Å². The van der Waals surface area contributed by atoms with Gasteiger partial charge in [-0.3, -0.25) is 0 Å². The zero-order chi connectivity index (χ0) is 15.6.